The molecule has 0 aliphatic heterocycles. The zero-order chi connectivity index (χ0) is 19.5. The average Bonchev–Trinajstić information content (AvgIpc) is 2.72. The molecule has 5 unspecified atom stereocenters. The highest BCUT2D eigenvalue weighted by atomic mass is 19.1. The largest absolute Gasteiger partial charge is 0.206 e. The quantitative estimate of drug-likeness (QED) is 0.463. The minimum absolute atomic E-state index is 0.188. The molecule has 28 heavy (non-hydrogen) atoms. The van der Waals surface area contributed by atoms with Crippen molar-refractivity contribution in [3.8, 4) is 0 Å². The van der Waals surface area contributed by atoms with Gasteiger partial charge in [-0.3, -0.25) is 0 Å². The molecule has 0 heterocycles. The number of fused-ring (bicyclic) bond motifs is 2. The van der Waals surface area contributed by atoms with Crippen molar-refractivity contribution < 1.29 is 4.39 Å². The summed E-state index contributed by atoms with van der Waals surface area (Å²) in [6, 6.07) is 4.48. The van der Waals surface area contributed by atoms with Crippen LogP contribution < -0.4 is 0 Å². The molecule has 0 nitrogen and oxygen atoms in total. The molecule has 4 rings (SSSR count). The second-order valence-electron chi connectivity index (χ2n) is 10.4. The van der Waals surface area contributed by atoms with E-state index < -0.39 is 0 Å². The van der Waals surface area contributed by atoms with Gasteiger partial charge in [0.25, 0.3) is 0 Å². The van der Waals surface area contributed by atoms with Crippen LogP contribution in [0, 0.1) is 29.5 Å². The maximum Gasteiger partial charge on any atom is 0.130 e. The first-order valence-electron chi connectivity index (χ1n) is 12.5. The number of benzene rings is 1. The lowest BCUT2D eigenvalue weighted by molar-refractivity contribution is 0.112. The Bertz CT molecular complexity index is 648. The van der Waals surface area contributed by atoms with Crippen LogP contribution in [0.25, 0.3) is 0 Å². The fourth-order valence-electron chi connectivity index (χ4n) is 6.90. The molecule has 1 aromatic carbocycles. The summed E-state index contributed by atoms with van der Waals surface area (Å²) >= 11 is 0. The number of hydrogen-bond acceptors (Lipinski definition) is 0. The molecule has 0 N–H and O–H groups in total. The number of rotatable bonds is 6. The number of unbranched alkanes of at least 4 members (excludes halogenated alkanes) is 1. The standard InChI is InChI=1S/C27H41F/c1-3-5-7-20-8-10-22-18-24(12-11-21(22)16-20)26-15-13-23-17-19(6-4-2)9-14-25(23)27(26)28/h13,15,19-22,24H,3-12,14,16-18H2,1-2H3. The molecule has 1 aromatic rings. The molecule has 1 heteroatoms. The summed E-state index contributed by atoms with van der Waals surface area (Å²) in [6.45, 7) is 4.58. The fourth-order valence-corrected chi connectivity index (χ4v) is 6.90. The third-order valence-corrected chi connectivity index (χ3v) is 8.51. The lowest BCUT2D eigenvalue weighted by Crippen LogP contribution is -2.31. The van der Waals surface area contributed by atoms with Gasteiger partial charge in [-0.25, -0.2) is 4.39 Å². The summed E-state index contributed by atoms with van der Waals surface area (Å²) < 4.78 is 15.5. The molecule has 0 aromatic heterocycles. The van der Waals surface area contributed by atoms with Crippen molar-refractivity contribution in [2.45, 2.75) is 110 Å². The molecular weight excluding hydrogens is 343 g/mol. The molecule has 2 fully saturated rings. The molecular formula is C27H41F. The van der Waals surface area contributed by atoms with Crippen molar-refractivity contribution in [3.05, 3.63) is 34.6 Å². The first-order chi connectivity index (χ1) is 13.7. The van der Waals surface area contributed by atoms with E-state index in [2.05, 4.69) is 26.0 Å². The van der Waals surface area contributed by atoms with Gasteiger partial charge in [-0.2, -0.15) is 0 Å². The van der Waals surface area contributed by atoms with Gasteiger partial charge >= 0.3 is 0 Å². The average molecular weight is 385 g/mol. The van der Waals surface area contributed by atoms with E-state index in [4.69, 9.17) is 0 Å². The maximum absolute atomic E-state index is 15.5. The molecule has 0 amide bonds. The lowest BCUT2D eigenvalue weighted by Gasteiger charge is -2.42. The molecule has 0 bridgehead atoms. The van der Waals surface area contributed by atoms with Crippen molar-refractivity contribution in [1.82, 2.24) is 0 Å². The molecule has 0 spiro atoms. The van der Waals surface area contributed by atoms with Crippen LogP contribution in [0.4, 0.5) is 4.39 Å². The van der Waals surface area contributed by atoms with Crippen molar-refractivity contribution >= 4 is 0 Å². The van der Waals surface area contributed by atoms with Crippen molar-refractivity contribution in [2.75, 3.05) is 0 Å². The van der Waals surface area contributed by atoms with Crippen LogP contribution in [-0.4, -0.2) is 0 Å². The van der Waals surface area contributed by atoms with Gasteiger partial charge in [-0.1, -0.05) is 64.5 Å². The molecule has 5 atom stereocenters. The highest BCUT2D eigenvalue weighted by Crippen LogP contribution is 2.49. The van der Waals surface area contributed by atoms with E-state index >= 15 is 4.39 Å². The Morgan fingerprint density at radius 3 is 2.50 bits per heavy atom. The van der Waals surface area contributed by atoms with Crippen molar-refractivity contribution in [2.24, 2.45) is 23.7 Å². The van der Waals surface area contributed by atoms with E-state index in [-0.39, 0.29) is 5.82 Å². The summed E-state index contributed by atoms with van der Waals surface area (Å²) in [5.74, 6) is 4.22. The van der Waals surface area contributed by atoms with Crippen LogP contribution in [0.1, 0.15) is 114 Å². The zero-order valence-electron chi connectivity index (χ0n) is 18.3. The summed E-state index contributed by atoms with van der Waals surface area (Å²) in [7, 11) is 0. The minimum Gasteiger partial charge on any atom is -0.206 e. The van der Waals surface area contributed by atoms with Gasteiger partial charge in [-0.15, -0.1) is 0 Å². The van der Waals surface area contributed by atoms with Crippen LogP contribution >= 0.6 is 0 Å². The van der Waals surface area contributed by atoms with Crippen molar-refractivity contribution in [3.63, 3.8) is 0 Å². The summed E-state index contributed by atoms with van der Waals surface area (Å²) in [5.41, 5.74) is 3.46. The van der Waals surface area contributed by atoms with Crippen molar-refractivity contribution in [1.29, 1.82) is 0 Å². The normalized spacial score (nSPS) is 32.6. The molecule has 0 radical (unpaired) electrons. The van der Waals surface area contributed by atoms with E-state index in [9.17, 15) is 0 Å². The summed E-state index contributed by atoms with van der Waals surface area (Å²) in [4.78, 5) is 0. The van der Waals surface area contributed by atoms with E-state index in [1.165, 1.54) is 82.6 Å². The minimum atomic E-state index is 0.188. The van der Waals surface area contributed by atoms with E-state index in [1.807, 2.05) is 0 Å². The molecule has 0 saturated heterocycles. The highest BCUT2D eigenvalue weighted by molar-refractivity contribution is 5.38. The maximum atomic E-state index is 15.5. The molecule has 156 valence electrons. The first-order valence-corrected chi connectivity index (χ1v) is 12.5. The van der Waals surface area contributed by atoms with Crippen LogP contribution in [0.15, 0.2) is 12.1 Å². The predicted octanol–water partition coefficient (Wildman–Crippen LogP) is 8.22. The van der Waals surface area contributed by atoms with Gasteiger partial charge in [0, 0.05) is 0 Å². The Labute approximate surface area is 172 Å². The molecule has 3 aliphatic carbocycles. The van der Waals surface area contributed by atoms with Gasteiger partial charge in [0.2, 0.25) is 0 Å². The zero-order valence-corrected chi connectivity index (χ0v) is 18.3. The van der Waals surface area contributed by atoms with Crippen LogP contribution in [0.5, 0.6) is 0 Å². The Kier molecular flexibility index (Phi) is 6.79. The van der Waals surface area contributed by atoms with E-state index in [0.29, 0.717) is 5.92 Å². The fraction of sp³-hybridized carbons (Fsp3) is 0.778. The Morgan fingerprint density at radius 1 is 0.857 bits per heavy atom. The van der Waals surface area contributed by atoms with E-state index in [0.717, 1.165) is 47.6 Å². The Hall–Kier alpha value is -0.850. The monoisotopic (exact) mass is 384 g/mol. The van der Waals surface area contributed by atoms with Gasteiger partial charge < -0.3 is 0 Å². The summed E-state index contributed by atoms with van der Waals surface area (Å²) in [5, 5.41) is 0. The summed E-state index contributed by atoms with van der Waals surface area (Å²) in [6.07, 6.45) is 18.1. The number of hydrogen-bond donors (Lipinski definition) is 0. The lowest BCUT2D eigenvalue weighted by atomic mass is 9.63. The SMILES string of the molecule is CCCCC1CCC2CC(c3ccc4c(c3F)CCC(CCC)C4)CCC2C1. The molecule has 3 aliphatic rings. The second kappa shape index (κ2) is 9.31. The van der Waals surface area contributed by atoms with Gasteiger partial charge in [-0.05, 0) is 97.6 Å². The first kappa shape index (κ1) is 20.4. The van der Waals surface area contributed by atoms with Gasteiger partial charge in [0.15, 0.2) is 0 Å². The van der Waals surface area contributed by atoms with E-state index in [1.54, 1.807) is 0 Å². The highest BCUT2D eigenvalue weighted by Gasteiger charge is 2.37. The third kappa shape index (κ3) is 4.34. The van der Waals surface area contributed by atoms with Crippen LogP contribution in [0.3, 0.4) is 0 Å². The Morgan fingerprint density at radius 2 is 1.68 bits per heavy atom. The predicted molar refractivity (Wildman–Crippen MR) is 117 cm³/mol. The van der Waals surface area contributed by atoms with Gasteiger partial charge in [0.1, 0.15) is 5.82 Å². The third-order valence-electron chi connectivity index (χ3n) is 8.51. The number of halogens is 1. The van der Waals surface area contributed by atoms with Gasteiger partial charge in [0.05, 0.1) is 0 Å². The van der Waals surface area contributed by atoms with Crippen LogP contribution in [0.2, 0.25) is 0 Å². The Balaban J connectivity index is 1.41. The topological polar surface area (TPSA) is 0 Å². The second-order valence-corrected chi connectivity index (χ2v) is 10.4. The molecule has 2 saturated carbocycles. The van der Waals surface area contributed by atoms with Crippen LogP contribution in [-0.2, 0) is 12.8 Å². The smallest absolute Gasteiger partial charge is 0.130 e.